The van der Waals surface area contributed by atoms with E-state index in [4.69, 9.17) is 32.7 Å². The van der Waals surface area contributed by atoms with Gasteiger partial charge in [-0.15, -0.1) is 0 Å². The third-order valence-electron chi connectivity index (χ3n) is 5.82. The van der Waals surface area contributed by atoms with Gasteiger partial charge >= 0.3 is 12.1 Å². The van der Waals surface area contributed by atoms with E-state index in [2.05, 4.69) is 5.32 Å². The van der Waals surface area contributed by atoms with Crippen LogP contribution >= 0.6 is 23.2 Å². The molecule has 3 aromatic carbocycles. The molecule has 3 aromatic rings. The van der Waals surface area contributed by atoms with Gasteiger partial charge in [0, 0.05) is 41.1 Å². The first-order valence-electron chi connectivity index (χ1n) is 10.7. The van der Waals surface area contributed by atoms with Crippen LogP contribution in [0.15, 0.2) is 60.7 Å². The number of hydrogen-bond donors (Lipinski definition) is 2. The summed E-state index contributed by atoms with van der Waals surface area (Å²) in [5, 5.41) is 13.8. The molecule has 0 aromatic heterocycles. The Morgan fingerprint density at radius 1 is 1.03 bits per heavy atom. The van der Waals surface area contributed by atoms with Crippen LogP contribution in [0.4, 0.5) is 18.9 Å². The fourth-order valence-electron chi connectivity index (χ4n) is 4.14. The number of ether oxygens (including phenoxy) is 1. The van der Waals surface area contributed by atoms with Gasteiger partial charge in [0.1, 0.15) is 18.1 Å². The van der Waals surface area contributed by atoms with E-state index in [1.54, 1.807) is 18.2 Å². The molecule has 0 bridgehead atoms. The topological polar surface area (TPSA) is 75.6 Å². The van der Waals surface area contributed by atoms with Crippen LogP contribution in [0.3, 0.4) is 0 Å². The Balaban J connectivity index is 0.00000176. The number of hydrogen-bond acceptors (Lipinski definition) is 4. The standard InChI is InChI=1S/C25H20Cl2F3NO3.CH2O/c26-18-5-8-21(27)15(11-18)9-10-34-22-12-19(6-7-20(22)25(28,29)30)31-24(23(32)33)13-16-3-1-2-4-17(16)14-24;1-2/h1-8,11-12,31H,9-10,13-14H2,(H,32,33);1H2. The lowest BCUT2D eigenvalue weighted by Crippen LogP contribution is -2.47. The number of fused-ring (bicyclic) bond motifs is 1. The van der Waals surface area contributed by atoms with Crippen molar-refractivity contribution in [3.63, 3.8) is 0 Å². The Hall–Kier alpha value is -3.23. The molecule has 10 heteroatoms. The third-order valence-corrected chi connectivity index (χ3v) is 6.42. The maximum atomic E-state index is 13.6. The number of aliphatic carboxylic acids is 1. The first-order chi connectivity index (χ1) is 17.1. The highest BCUT2D eigenvalue weighted by molar-refractivity contribution is 6.33. The van der Waals surface area contributed by atoms with Crippen LogP contribution in [-0.2, 0) is 35.0 Å². The van der Waals surface area contributed by atoms with E-state index in [0.717, 1.165) is 17.2 Å². The highest BCUT2D eigenvalue weighted by atomic mass is 35.5. The molecule has 0 radical (unpaired) electrons. The van der Waals surface area contributed by atoms with Crippen molar-refractivity contribution < 1.29 is 32.6 Å². The summed E-state index contributed by atoms with van der Waals surface area (Å²) in [6.45, 7) is 1.92. The van der Waals surface area contributed by atoms with E-state index in [1.807, 2.05) is 31.1 Å². The zero-order chi connectivity index (χ0) is 26.5. The number of carboxylic acid groups (broad SMARTS) is 1. The first kappa shape index (κ1) is 27.4. The number of carbonyl (C=O) groups excluding carboxylic acids is 1. The van der Waals surface area contributed by atoms with Crippen molar-refractivity contribution in [1.82, 2.24) is 0 Å². The summed E-state index contributed by atoms with van der Waals surface area (Å²) in [5.74, 6) is -1.48. The number of rotatable bonds is 7. The largest absolute Gasteiger partial charge is 0.493 e. The fourth-order valence-corrected chi connectivity index (χ4v) is 4.55. The summed E-state index contributed by atoms with van der Waals surface area (Å²) < 4.78 is 46.3. The van der Waals surface area contributed by atoms with E-state index in [1.165, 1.54) is 12.1 Å². The predicted octanol–water partition coefficient (Wildman–Crippen LogP) is 6.48. The van der Waals surface area contributed by atoms with Gasteiger partial charge in [-0.2, -0.15) is 13.2 Å². The smallest absolute Gasteiger partial charge is 0.419 e. The molecule has 36 heavy (non-hydrogen) atoms. The van der Waals surface area contributed by atoms with Gasteiger partial charge in [-0.3, -0.25) is 0 Å². The van der Waals surface area contributed by atoms with Crippen LogP contribution in [0.2, 0.25) is 10.0 Å². The molecule has 5 nitrogen and oxygen atoms in total. The summed E-state index contributed by atoms with van der Waals surface area (Å²) in [4.78, 5) is 20.2. The number of anilines is 1. The minimum absolute atomic E-state index is 0.0812. The van der Waals surface area contributed by atoms with E-state index in [9.17, 15) is 23.1 Å². The maximum Gasteiger partial charge on any atom is 0.419 e. The van der Waals surface area contributed by atoms with Gasteiger partial charge in [0.25, 0.3) is 0 Å². The maximum absolute atomic E-state index is 13.6. The molecule has 0 spiro atoms. The van der Waals surface area contributed by atoms with Crippen molar-refractivity contribution in [1.29, 1.82) is 0 Å². The lowest BCUT2D eigenvalue weighted by Gasteiger charge is -2.27. The third kappa shape index (κ3) is 6.12. The zero-order valence-electron chi connectivity index (χ0n) is 18.9. The molecule has 0 amide bonds. The second-order valence-electron chi connectivity index (χ2n) is 8.18. The average molecular weight is 540 g/mol. The summed E-state index contributed by atoms with van der Waals surface area (Å²) >= 11 is 12.1. The minimum atomic E-state index is -4.64. The lowest BCUT2D eigenvalue weighted by atomic mass is 9.95. The minimum Gasteiger partial charge on any atom is -0.493 e. The quantitative estimate of drug-likeness (QED) is 0.359. The average Bonchev–Trinajstić information content (AvgIpc) is 3.21. The van der Waals surface area contributed by atoms with Gasteiger partial charge in [0.05, 0.1) is 12.2 Å². The Morgan fingerprint density at radius 3 is 2.25 bits per heavy atom. The summed E-state index contributed by atoms with van der Waals surface area (Å²) in [6, 6.07) is 15.5. The van der Waals surface area contributed by atoms with E-state index in [-0.39, 0.29) is 31.6 Å². The monoisotopic (exact) mass is 539 g/mol. The molecule has 190 valence electrons. The van der Waals surface area contributed by atoms with E-state index < -0.39 is 29.0 Å². The number of nitrogens with one attached hydrogen (secondary N) is 1. The Labute approximate surface area is 215 Å². The Morgan fingerprint density at radius 2 is 1.67 bits per heavy atom. The number of carbonyl (C=O) groups is 2. The molecule has 0 unspecified atom stereocenters. The van der Waals surface area contributed by atoms with Crippen LogP contribution in [0.5, 0.6) is 5.75 Å². The van der Waals surface area contributed by atoms with Crippen molar-refractivity contribution in [2.24, 2.45) is 0 Å². The van der Waals surface area contributed by atoms with Crippen molar-refractivity contribution >= 4 is 41.6 Å². The highest BCUT2D eigenvalue weighted by Crippen LogP contribution is 2.40. The predicted molar refractivity (Wildman–Crippen MR) is 132 cm³/mol. The second-order valence-corrected chi connectivity index (χ2v) is 9.02. The van der Waals surface area contributed by atoms with E-state index >= 15 is 0 Å². The lowest BCUT2D eigenvalue weighted by molar-refractivity contribution is -0.142. The molecule has 0 heterocycles. The van der Waals surface area contributed by atoms with Gasteiger partial charge < -0.3 is 20.0 Å². The normalized spacial score (nSPS) is 13.8. The van der Waals surface area contributed by atoms with Gasteiger partial charge in [-0.25, -0.2) is 4.79 Å². The van der Waals surface area contributed by atoms with Gasteiger partial charge in [0.2, 0.25) is 0 Å². The van der Waals surface area contributed by atoms with Crippen molar-refractivity contribution in [2.75, 3.05) is 11.9 Å². The number of alkyl halides is 3. The fraction of sp³-hybridized carbons (Fsp3) is 0.231. The highest BCUT2D eigenvalue weighted by Gasteiger charge is 2.44. The van der Waals surface area contributed by atoms with Crippen LogP contribution in [-0.4, -0.2) is 30.0 Å². The second kappa shape index (κ2) is 11.2. The van der Waals surface area contributed by atoms with Crippen LogP contribution < -0.4 is 10.1 Å². The molecular weight excluding hydrogens is 518 g/mol. The molecule has 0 fully saturated rings. The van der Waals surface area contributed by atoms with Gasteiger partial charge in [0.15, 0.2) is 0 Å². The Kier molecular flexibility index (Phi) is 8.53. The molecular formula is C26H22Cl2F3NO4. The van der Waals surface area contributed by atoms with Crippen molar-refractivity contribution in [3.8, 4) is 5.75 Å². The Bertz CT molecular complexity index is 1230. The molecule has 0 atom stereocenters. The molecule has 0 saturated carbocycles. The molecule has 1 aliphatic carbocycles. The molecule has 0 aliphatic heterocycles. The number of carboxylic acids is 1. The SMILES string of the molecule is C=O.O=C(O)C1(Nc2ccc(C(F)(F)F)c(OCCc3cc(Cl)ccc3Cl)c2)Cc2ccccc2C1. The molecule has 4 rings (SSSR count). The molecule has 0 saturated heterocycles. The van der Waals surface area contributed by atoms with Crippen LogP contribution in [0.25, 0.3) is 0 Å². The number of halogens is 5. The first-order valence-corrected chi connectivity index (χ1v) is 11.5. The van der Waals surface area contributed by atoms with Crippen LogP contribution in [0.1, 0.15) is 22.3 Å². The van der Waals surface area contributed by atoms with Crippen molar-refractivity contribution in [2.45, 2.75) is 31.0 Å². The van der Waals surface area contributed by atoms with Gasteiger partial charge in [-0.1, -0.05) is 47.5 Å². The summed E-state index contributed by atoms with van der Waals surface area (Å²) in [6.07, 6.45) is -3.98. The number of benzene rings is 3. The van der Waals surface area contributed by atoms with Crippen LogP contribution in [0, 0.1) is 0 Å². The molecule has 2 N–H and O–H groups in total. The van der Waals surface area contributed by atoms with Gasteiger partial charge in [-0.05, 0) is 47.0 Å². The summed E-state index contributed by atoms with van der Waals surface area (Å²) in [5.41, 5.74) is 0.326. The zero-order valence-corrected chi connectivity index (χ0v) is 20.4. The van der Waals surface area contributed by atoms with Crippen molar-refractivity contribution in [3.05, 3.63) is 93.0 Å². The summed E-state index contributed by atoms with van der Waals surface area (Å²) in [7, 11) is 0. The van der Waals surface area contributed by atoms with E-state index in [0.29, 0.717) is 15.6 Å². The molecule has 1 aliphatic rings.